The number of carbonyl (C=O) groups excluding carboxylic acids is 1. The fourth-order valence-electron chi connectivity index (χ4n) is 4.08. The second-order valence-corrected chi connectivity index (χ2v) is 9.86. The molecule has 0 spiro atoms. The summed E-state index contributed by atoms with van der Waals surface area (Å²) in [5, 5.41) is 4.75. The molecule has 4 rings (SSSR count). The number of nitrogens with one attached hydrogen (secondary N) is 1. The third-order valence-corrected chi connectivity index (χ3v) is 7.75. The highest BCUT2D eigenvalue weighted by atomic mass is 32.2. The van der Waals surface area contributed by atoms with Crippen molar-refractivity contribution in [3.8, 4) is 0 Å². The van der Waals surface area contributed by atoms with E-state index in [4.69, 9.17) is 9.72 Å². The molecule has 0 aliphatic heterocycles. The number of benzene rings is 1. The summed E-state index contributed by atoms with van der Waals surface area (Å²) in [6.07, 6.45) is 6.47. The van der Waals surface area contributed by atoms with Crippen LogP contribution < -0.4 is 10.9 Å². The first-order valence-corrected chi connectivity index (χ1v) is 12.9. The Labute approximate surface area is 190 Å². The number of ether oxygens (including phenoxy) is 1. The van der Waals surface area contributed by atoms with E-state index < -0.39 is 0 Å². The summed E-state index contributed by atoms with van der Waals surface area (Å²) in [4.78, 5) is 30.7. The molecule has 0 saturated heterocycles. The van der Waals surface area contributed by atoms with Gasteiger partial charge in [0.2, 0.25) is 5.91 Å². The van der Waals surface area contributed by atoms with Crippen LogP contribution in [0, 0.1) is 0 Å². The molecule has 8 heteroatoms. The Morgan fingerprint density at radius 1 is 1.29 bits per heavy atom. The van der Waals surface area contributed by atoms with E-state index >= 15 is 0 Å². The van der Waals surface area contributed by atoms with Gasteiger partial charge in [0.15, 0.2) is 5.16 Å². The maximum absolute atomic E-state index is 13.3. The van der Waals surface area contributed by atoms with Crippen LogP contribution in [0.5, 0.6) is 0 Å². The summed E-state index contributed by atoms with van der Waals surface area (Å²) in [6, 6.07) is 8.25. The van der Waals surface area contributed by atoms with Crippen LogP contribution in [0.2, 0.25) is 0 Å². The van der Waals surface area contributed by atoms with Gasteiger partial charge in [0.25, 0.3) is 5.56 Å². The second-order valence-electron chi connectivity index (χ2n) is 7.87. The molecule has 0 radical (unpaired) electrons. The lowest BCUT2D eigenvalue weighted by molar-refractivity contribution is -0.119. The molecule has 2 aromatic heterocycles. The summed E-state index contributed by atoms with van der Waals surface area (Å²) in [7, 11) is 0. The third kappa shape index (κ3) is 5.30. The van der Waals surface area contributed by atoms with Crippen LogP contribution in [0.3, 0.4) is 0 Å². The molecule has 0 unspecified atom stereocenters. The topological polar surface area (TPSA) is 73.2 Å². The van der Waals surface area contributed by atoms with Gasteiger partial charge in [-0.25, -0.2) is 4.98 Å². The minimum atomic E-state index is -0.0297. The van der Waals surface area contributed by atoms with Crippen molar-refractivity contribution in [3.05, 3.63) is 34.6 Å². The number of hydrogen-bond donors (Lipinski definition) is 1. The molecule has 1 aliphatic rings. The van der Waals surface area contributed by atoms with Gasteiger partial charge >= 0.3 is 0 Å². The van der Waals surface area contributed by atoms with Crippen molar-refractivity contribution < 1.29 is 9.53 Å². The van der Waals surface area contributed by atoms with Crippen molar-refractivity contribution in [3.63, 3.8) is 0 Å². The molecule has 1 N–H and O–H groups in total. The predicted octanol–water partition coefficient (Wildman–Crippen LogP) is 4.58. The van der Waals surface area contributed by atoms with Crippen molar-refractivity contribution in [1.82, 2.24) is 14.9 Å². The Kier molecular flexibility index (Phi) is 7.63. The van der Waals surface area contributed by atoms with Crippen molar-refractivity contribution in [2.75, 3.05) is 19.0 Å². The zero-order valence-electron chi connectivity index (χ0n) is 17.9. The lowest BCUT2D eigenvalue weighted by atomic mass is 9.95. The number of thiophene rings is 1. The lowest BCUT2D eigenvalue weighted by Crippen LogP contribution is -2.37. The normalized spacial score (nSPS) is 15.0. The fourth-order valence-corrected chi connectivity index (χ4v) is 6.00. The lowest BCUT2D eigenvalue weighted by Gasteiger charge is -2.22. The third-order valence-electron chi connectivity index (χ3n) is 5.62. The van der Waals surface area contributed by atoms with Crippen molar-refractivity contribution in [1.29, 1.82) is 0 Å². The molecule has 31 heavy (non-hydrogen) atoms. The van der Waals surface area contributed by atoms with Gasteiger partial charge < -0.3 is 10.1 Å². The number of fused-ring (bicyclic) bond motifs is 3. The largest absolute Gasteiger partial charge is 0.382 e. The summed E-state index contributed by atoms with van der Waals surface area (Å²) < 4.78 is 8.90. The molecule has 0 atom stereocenters. The first-order chi connectivity index (χ1) is 15.2. The molecule has 6 nitrogen and oxygen atoms in total. The van der Waals surface area contributed by atoms with Gasteiger partial charge in [0.1, 0.15) is 4.70 Å². The smallest absolute Gasteiger partial charge is 0.272 e. The van der Waals surface area contributed by atoms with Gasteiger partial charge in [0.05, 0.1) is 11.3 Å². The Balaban J connectivity index is 1.58. The minimum absolute atomic E-state index is 0.0160. The Morgan fingerprint density at radius 2 is 2.10 bits per heavy atom. The van der Waals surface area contributed by atoms with Crippen LogP contribution in [0.25, 0.3) is 20.3 Å². The molecule has 1 aliphatic carbocycles. The van der Waals surface area contributed by atoms with Gasteiger partial charge in [0, 0.05) is 35.9 Å². The van der Waals surface area contributed by atoms with E-state index in [2.05, 4.69) is 5.32 Å². The molecule has 166 valence electrons. The van der Waals surface area contributed by atoms with E-state index in [1.165, 1.54) is 42.4 Å². The summed E-state index contributed by atoms with van der Waals surface area (Å²) in [5.41, 5.74) is 0.708. The highest BCUT2D eigenvalue weighted by Gasteiger charge is 2.19. The van der Waals surface area contributed by atoms with Crippen molar-refractivity contribution in [2.24, 2.45) is 0 Å². The molecule has 1 saturated carbocycles. The number of rotatable bonds is 9. The van der Waals surface area contributed by atoms with Gasteiger partial charge in [-0.2, -0.15) is 0 Å². The first-order valence-electron chi connectivity index (χ1n) is 11.1. The SMILES string of the molecule is CCOCCCn1c(SCC(=O)NC2CCCCC2)nc2c(sc3ccccc32)c1=O. The van der Waals surface area contributed by atoms with Crippen LogP contribution >= 0.6 is 23.1 Å². The van der Waals surface area contributed by atoms with E-state index in [1.807, 2.05) is 31.2 Å². The van der Waals surface area contributed by atoms with Gasteiger partial charge in [-0.1, -0.05) is 49.2 Å². The molecule has 1 fully saturated rings. The van der Waals surface area contributed by atoms with Crippen LogP contribution in [-0.4, -0.2) is 40.5 Å². The van der Waals surface area contributed by atoms with Crippen LogP contribution in [0.4, 0.5) is 0 Å². The van der Waals surface area contributed by atoms with E-state index in [1.54, 1.807) is 4.57 Å². The molecule has 0 bridgehead atoms. The highest BCUT2D eigenvalue weighted by molar-refractivity contribution is 7.99. The Morgan fingerprint density at radius 3 is 2.90 bits per heavy atom. The molecule has 1 amide bonds. The van der Waals surface area contributed by atoms with Gasteiger partial charge in [-0.15, -0.1) is 11.3 Å². The van der Waals surface area contributed by atoms with Crippen molar-refractivity contribution in [2.45, 2.75) is 63.2 Å². The zero-order valence-corrected chi connectivity index (χ0v) is 19.5. The average Bonchev–Trinajstić information content (AvgIpc) is 3.16. The second kappa shape index (κ2) is 10.6. The van der Waals surface area contributed by atoms with E-state index in [0.717, 1.165) is 34.9 Å². The molecular weight excluding hydrogens is 430 g/mol. The average molecular weight is 460 g/mol. The van der Waals surface area contributed by atoms with Gasteiger partial charge in [-0.3, -0.25) is 14.2 Å². The van der Waals surface area contributed by atoms with Gasteiger partial charge in [-0.05, 0) is 32.3 Å². The molecule has 3 aromatic rings. The maximum atomic E-state index is 13.3. The summed E-state index contributed by atoms with van der Waals surface area (Å²) in [6.45, 7) is 3.75. The standard InChI is InChI=1S/C23H29N3O3S2/c1-2-29-14-8-13-26-22(28)21-20(17-11-6-7-12-18(17)31-21)25-23(26)30-15-19(27)24-16-9-4-3-5-10-16/h6-7,11-12,16H,2-5,8-10,13-15H2,1H3,(H,24,27). The monoisotopic (exact) mass is 459 g/mol. The fraction of sp³-hybridized carbons (Fsp3) is 0.522. The van der Waals surface area contributed by atoms with Crippen LogP contribution in [-0.2, 0) is 16.1 Å². The summed E-state index contributed by atoms with van der Waals surface area (Å²) >= 11 is 2.84. The number of thioether (sulfide) groups is 1. The number of nitrogens with zero attached hydrogens (tertiary/aromatic N) is 2. The predicted molar refractivity (Wildman–Crippen MR) is 128 cm³/mol. The van der Waals surface area contributed by atoms with Crippen molar-refractivity contribution >= 4 is 49.3 Å². The van der Waals surface area contributed by atoms with Crippen LogP contribution in [0.15, 0.2) is 34.2 Å². The maximum Gasteiger partial charge on any atom is 0.272 e. The molecular formula is C23H29N3O3S2. The molecule has 2 heterocycles. The summed E-state index contributed by atoms with van der Waals surface area (Å²) in [5.74, 6) is 0.282. The zero-order chi connectivity index (χ0) is 21.6. The first kappa shape index (κ1) is 22.3. The van der Waals surface area contributed by atoms with E-state index in [0.29, 0.717) is 29.6 Å². The number of hydrogen-bond acceptors (Lipinski definition) is 6. The number of amides is 1. The Bertz CT molecular complexity index is 1100. The van der Waals surface area contributed by atoms with Crippen LogP contribution in [0.1, 0.15) is 45.4 Å². The van der Waals surface area contributed by atoms with E-state index in [9.17, 15) is 9.59 Å². The quantitative estimate of drug-likeness (QED) is 0.288. The number of aromatic nitrogens is 2. The number of carbonyl (C=O) groups is 1. The highest BCUT2D eigenvalue weighted by Crippen LogP contribution is 2.31. The van der Waals surface area contributed by atoms with E-state index in [-0.39, 0.29) is 23.3 Å². The Hall–Kier alpha value is -1.90. The molecule has 1 aromatic carbocycles. The minimum Gasteiger partial charge on any atom is -0.382 e.